The third-order valence-electron chi connectivity index (χ3n) is 3.19. The van der Waals surface area contributed by atoms with Crippen molar-refractivity contribution in [2.45, 2.75) is 12.8 Å². The average Bonchev–Trinajstić information content (AvgIpc) is 2.52. The molecule has 0 radical (unpaired) electrons. The van der Waals surface area contributed by atoms with E-state index in [9.17, 15) is 9.18 Å². The second kappa shape index (κ2) is 7.43. The second-order valence-corrected chi connectivity index (χ2v) is 4.69. The van der Waals surface area contributed by atoms with Crippen LogP contribution >= 0.6 is 0 Å². The first-order chi connectivity index (χ1) is 10.2. The van der Waals surface area contributed by atoms with Crippen molar-refractivity contribution in [3.63, 3.8) is 0 Å². The normalized spacial score (nSPS) is 10.2. The van der Waals surface area contributed by atoms with Crippen LogP contribution in [0.2, 0.25) is 0 Å². The highest BCUT2D eigenvalue weighted by molar-refractivity contribution is 5.94. The van der Waals surface area contributed by atoms with Gasteiger partial charge in [0.25, 0.3) is 5.91 Å². The third kappa shape index (κ3) is 4.31. The van der Waals surface area contributed by atoms with Gasteiger partial charge in [0.05, 0.1) is 12.7 Å². The molecule has 1 amide bonds. The lowest BCUT2D eigenvalue weighted by molar-refractivity contribution is 0.0949. The lowest BCUT2D eigenvalue weighted by atomic mass is 10.1. The highest BCUT2D eigenvalue weighted by atomic mass is 19.1. The lowest BCUT2D eigenvalue weighted by Gasteiger charge is -2.07. The number of hydrogen-bond donors (Lipinski definition) is 1. The number of nitrogens with one attached hydrogen (secondary N) is 1. The molecular formula is C17H18FNO2. The molecule has 2 aromatic rings. The molecule has 110 valence electrons. The Bertz CT molecular complexity index is 599. The number of amides is 1. The van der Waals surface area contributed by atoms with E-state index in [1.165, 1.54) is 24.8 Å². The minimum Gasteiger partial charge on any atom is -0.497 e. The van der Waals surface area contributed by atoms with E-state index in [0.717, 1.165) is 12.8 Å². The number of carbonyl (C=O) groups is 1. The molecule has 2 rings (SSSR count). The first-order valence-corrected chi connectivity index (χ1v) is 6.86. The van der Waals surface area contributed by atoms with Crippen molar-refractivity contribution in [1.29, 1.82) is 0 Å². The average molecular weight is 287 g/mol. The highest BCUT2D eigenvalue weighted by Gasteiger charge is 2.11. The van der Waals surface area contributed by atoms with Gasteiger partial charge in [0.1, 0.15) is 11.6 Å². The smallest absolute Gasteiger partial charge is 0.254 e. The number of halogens is 1. The fourth-order valence-corrected chi connectivity index (χ4v) is 2.04. The van der Waals surface area contributed by atoms with Gasteiger partial charge in [-0.1, -0.05) is 30.3 Å². The molecular weight excluding hydrogens is 269 g/mol. The highest BCUT2D eigenvalue weighted by Crippen LogP contribution is 2.16. The number of rotatable bonds is 6. The van der Waals surface area contributed by atoms with Crippen molar-refractivity contribution in [2.75, 3.05) is 13.7 Å². The Morgan fingerprint density at radius 2 is 1.95 bits per heavy atom. The molecule has 21 heavy (non-hydrogen) atoms. The molecule has 0 heterocycles. The summed E-state index contributed by atoms with van der Waals surface area (Å²) < 4.78 is 18.6. The molecule has 2 aromatic carbocycles. The predicted octanol–water partition coefficient (Wildman–Crippen LogP) is 3.20. The summed E-state index contributed by atoms with van der Waals surface area (Å²) in [7, 11) is 1.46. The van der Waals surface area contributed by atoms with Crippen LogP contribution in [0.1, 0.15) is 22.3 Å². The quantitative estimate of drug-likeness (QED) is 0.829. The van der Waals surface area contributed by atoms with E-state index in [0.29, 0.717) is 12.3 Å². The van der Waals surface area contributed by atoms with Gasteiger partial charge in [-0.2, -0.15) is 0 Å². The number of benzene rings is 2. The number of carbonyl (C=O) groups excluding carboxylic acids is 1. The first-order valence-electron chi connectivity index (χ1n) is 6.86. The monoisotopic (exact) mass is 287 g/mol. The fraction of sp³-hybridized carbons (Fsp3) is 0.235. The van der Waals surface area contributed by atoms with Crippen molar-refractivity contribution >= 4 is 5.91 Å². The van der Waals surface area contributed by atoms with Crippen LogP contribution < -0.4 is 10.1 Å². The summed E-state index contributed by atoms with van der Waals surface area (Å²) in [5, 5.41) is 2.73. The summed E-state index contributed by atoms with van der Waals surface area (Å²) >= 11 is 0. The molecule has 0 saturated heterocycles. The summed E-state index contributed by atoms with van der Waals surface area (Å²) in [6, 6.07) is 14.2. The summed E-state index contributed by atoms with van der Waals surface area (Å²) in [6.07, 6.45) is 1.69. The van der Waals surface area contributed by atoms with Crippen molar-refractivity contribution in [3.05, 3.63) is 65.5 Å². The Labute approximate surface area is 123 Å². The molecule has 0 aliphatic rings. The van der Waals surface area contributed by atoms with E-state index in [-0.39, 0.29) is 5.56 Å². The van der Waals surface area contributed by atoms with E-state index in [1.54, 1.807) is 6.07 Å². The molecule has 0 unspecified atom stereocenters. The number of methoxy groups -OCH3 is 1. The van der Waals surface area contributed by atoms with Crippen molar-refractivity contribution in [1.82, 2.24) is 5.32 Å². The number of aryl methyl sites for hydroxylation is 1. The molecule has 0 fully saturated rings. The zero-order valence-electron chi connectivity index (χ0n) is 11.9. The molecule has 0 bridgehead atoms. The Morgan fingerprint density at radius 1 is 1.19 bits per heavy atom. The molecule has 0 saturated carbocycles. The van der Waals surface area contributed by atoms with E-state index in [4.69, 9.17) is 4.74 Å². The van der Waals surface area contributed by atoms with Gasteiger partial charge in [-0.25, -0.2) is 4.39 Å². The number of ether oxygens (including phenoxy) is 1. The molecule has 4 heteroatoms. The van der Waals surface area contributed by atoms with Crippen molar-refractivity contribution in [2.24, 2.45) is 0 Å². The molecule has 1 N–H and O–H groups in total. The summed E-state index contributed by atoms with van der Waals surface area (Å²) in [4.78, 5) is 11.9. The third-order valence-corrected chi connectivity index (χ3v) is 3.19. The van der Waals surface area contributed by atoms with Gasteiger partial charge >= 0.3 is 0 Å². The maximum Gasteiger partial charge on any atom is 0.254 e. The SMILES string of the molecule is COc1ccc(C(=O)NCCCc2ccccc2)c(F)c1. The molecule has 3 nitrogen and oxygen atoms in total. The Hall–Kier alpha value is -2.36. The fourth-order valence-electron chi connectivity index (χ4n) is 2.04. The molecule has 0 aliphatic heterocycles. The van der Waals surface area contributed by atoms with Crippen LogP contribution in [0.3, 0.4) is 0 Å². The Kier molecular flexibility index (Phi) is 5.32. The summed E-state index contributed by atoms with van der Waals surface area (Å²) in [5.74, 6) is -0.578. The summed E-state index contributed by atoms with van der Waals surface area (Å²) in [6.45, 7) is 0.513. The minimum absolute atomic E-state index is 0.0375. The van der Waals surface area contributed by atoms with Crippen LogP contribution in [0.25, 0.3) is 0 Å². The van der Waals surface area contributed by atoms with Crippen LogP contribution in [0.15, 0.2) is 48.5 Å². The van der Waals surface area contributed by atoms with Gasteiger partial charge in [-0.3, -0.25) is 4.79 Å². The van der Waals surface area contributed by atoms with Crippen LogP contribution in [0, 0.1) is 5.82 Å². The summed E-state index contributed by atoms with van der Waals surface area (Å²) in [5.41, 5.74) is 1.26. The molecule has 0 spiro atoms. The zero-order chi connectivity index (χ0) is 15.1. The lowest BCUT2D eigenvalue weighted by Crippen LogP contribution is -2.25. The molecule has 0 aromatic heterocycles. The van der Waals surface area contributed by atoms with Gasteiger partial charge in [-0.05, 0) is 30.5 Å². The van der Waals surface area contributed by atoms with Crippen molar-refractivity contribution in [3.8, 4) is 5.75 Å². The standard InChI is InChI=1S/C17H18FNO2/c1-21-14-9-10-15(16(18)12-14)17(20)19-11-5-8-13-6-3-2-4-7-13/h2-4,6-7,9-10,12H,5,8,11H2,1H3,(H,19,20). The predicted molar refractivity (Wildman–Crippen MR) is 80.0 cm³/mol. The zero-order valence-corrected chi connectivity index (χ0v) is 11.9. The van der Waals surface area contributed by atoms with E-state index < -0.39 is 11.7 Å². The van der Waals surface area contributed by atoms with Crippen LogP contribution in [0.5, 0.6) is 5.75 Å². The first kappa shape index (κ1) is 15.0. The maximum atomic E-state index is 13.7. The minimum atomic E-state index is -0.574. The van der Waals surface area contributed by atoms with Gasteiger partial charge in [0.2, 0.25) is 0 Å². The van der Waals surface area contributed by atoms with E-state index in [1.807, 2.05) is 30.3 Å². The Morgan fingerprint density at radius 3 is 2.62 bits per heavy atom. The van der Waals surface area contributed by atoms with Gasteiger partial charge in [0, 0.05) is 12.6 Å². The maximum absolute atomic E-state index is 13.7. The second-order valence-electron chi connectivity index (χ2n) is 4.69. The van der Waals surface area contributed by atoms with Gasteiger partial charge in [0.15, 0.2) is 0 Å². The van der Waals surface area contributed by atoms with Crippen LogP contribution in [-0.2, 0) is 6.42 Å². The molecule has 0 atom stereocenters. The van der Waals surface area contributed by atoms with Crippen molar-refractivity contribution < 1.29 is 13.9 Å². The molecule has 0 aliphatic carbocycles. The van der Waals surface area contributed by atoms with Gasteiger partial charge in [-0.15, -0.1) is 0 Å². The van der Waals surface area contributed by atoms with Gasteiger partial charge < -0.3 is 10.1 Å². The van der Waals surface area contributed by atoms with E-state index in [2.05, 4.69) is 5.32 Å². The topological polar surface area (TPSA) is 38.3 Å². The van der Waals surface area contributed by atoms with Crippen LogP contribution in [0.4, 0.5) is 4.39 Å². The Balaban J connectivity index is 1.82. The van der Waals surface area contributed by atoms with Crippen LogP contribution in [-0.4, -0.2) is 19.6 Å². The van der Waals surface area contributed by atoms with E-state index >= 15 is 0 Å². The largest absolute Gasteiger partial charge is 0.497 e. The number of hydrogen-bond acceptors (Lipinski definition) is 2.